The fourth-order valence-corrected chi connectivity index (χ4v) is 6.22. The van der Waals surface area contributed by atoms with E-state index in [1.807, 2.05) is 18.5 Å². The van der Waals surface area contributed by atoms with Gasteiger partial charge in [0.05, 0.1) is 0 Å². The molecule has 0 atom stereocenters. The number of rotatable bonds is 3. The van der Waals surface area contributed by atoms with Gasteiger partial charge in [0.2, 0.25) is 0 Å². The van der Waals surface area contributed by atoms with Crippen LogP contribution < -0.4 is 0 Å². The molecule has 7 rings (SSSR count). The van der Waals surface area contributed by atoms with Crippen LogP contribution >= 0.6 is 0 Å². The normalized spacial score (nSPS) is 11.9. The van der Waals surface area contributed by atoms with Gasteiger partial charge in [-0.05, 0) is 72.8 Å². The third-order valence-corrected chi connectivity index (χ3v) is 9.35. The fraction of sp³-hybridized carbons (Fsp3) is 0.250. The molecule has 0 N–H and O–H groups in total. The van der Waals surface area contributed by atoms with Crippen molar-refractivity contribution in [2.45, 2.75) is 78.6 Å². The zero-order valence-corrected chi connectivity index (χ0v) is 33.7. The van der Waals surface area contributed by atoms with Crippen molar-refractivity contribution in [1.82, 2.24) is 9.97 Å². The van der Waals surface area contributed by atoms with Gasteiger partial charge in [0.1, 0.15) is 0 Å². The molecule has 2 aromatic heterocycles. The molecule has 0 amide bonds. The number of hydrogen-bond acceptors (Lipinski definition) is 2. The maximum Gasteiger partial charge on any atom is 0.0163 e. The monoisotopic (exact) mass is 845 g/mol. The molecule has 0 unspecified atom stereocenters. The Bertz CT molecular complexity index is 2210. The molecule has 1 radical (unpaired) electrons. The predicted molar refractivity (Wildman–Crippen MR) is 214 cm³/mol. The molecule has 2 heterocycles. The van der Waals surface area contributed by atoms with Crippen molar-refractivity contribution in [1.29, 1.82) is 0 Å². The Morgan fingerprint density at radius 1 is 0.471 bits per heavy atom. The first kappa shape index (κ1) is 37.8. The average Bonchev–Trinajstić information content (AvgIpc) is 3.11. The smallest absolute Gasteiger partial charge is 0.0163 e. The van der Waals surface area contributed by atoms with Crippen molar-refractivity contribution < 1.29 is 20.1 Å². The van der Waals surface area contributed by atoms with Crippen LogP contribution in [0.5, 0.6) is 0 Å². The van der Waals surface area contributed by atoms with Gasteiger partial charge < -0.3 is 9.97 Å². The molecule has 0 saturated carbocycles. The number of fused-ring (bicyclic) bond motifs is 3. The van der Waals surface area contributed by atoms with Crippen molar-refractivity contribution in [2.75, 3.05) is 0 Å². The molecule has 5 aromatic carbocycles. The minimum Gasteiger partial charge on any atom is -0.305 e. The van der Waals surface area contributed by atoms with E-state index in [-0.39, 0.29) is 36.4 Å². The quantitative estimate of drug-likeness (QED) is 0.131. The van der Waals surface area contributed by atoms with Crippen LogP contribution in [0.1, 0.15) is 79.0 Å². The summed E-state index contributed by atoms with van der Waals surface area (Å²) in [6.45, 7) is 20.0. The molecule has 0 aliphatic carbocycles. The van der Waals surface area contributed by atoms with Gasteiger partial charge in [0.25, 0.3) is 0 Å². The molecule has 3 heteroatoms. The summed E-state index contributed by atoms with van der Waals surface area (Å²) in [4.78, 5) is 9.16. The Labute approximate surface area is 318 Å². The number of aromatic nitrogens is 2. The van der Waals surface area contributed by atoms with Crippen LogP contribution in [0.4, 0.5) is 0 Å². The van der Waals surface area contributed by atoms with Crippen molar-refractivity contribution in [3.05, 3.63) is 156 Å². The minimum atomic E-state index is 0. The Morgan fingerprint density at radius 2 is 0.980 bits per heavy atom. The number of pyridine rings is 2. The van der Waals surface area contributed by atoms with Gasteiger partial charge in [-0.3, -0.25) is 0 Å². The van der Waals surface area contributed by atoms with Crippen LogP contribution in [-0.2, 0) is 36.4 Å². The van der Waals surface area contributed by atoms with Gasteiger partial charge in [-0.1, -0.05) is 146 Å². The summed E-state index contributed by atoms with van der Waals surface area (Å²) in [7, 11) is 0. The molecule has 7 aromatic rings. The van der Waals surface area contributed by atoms with Crippen LogP contribution in [0.2, 0.25) is 0 Å². The van der Waals surface area contributed by atoms with Crippen molar-refractivity contribution >= 4 is 21.5 Å². The molecule has 0 spiro atoms. The molecule has 0 aliphatic rings. The van der Waals surface area contributed by atoms with Gasteiger partial charge in [-0.15, -0.1) is 59.2 Å². The van der Waals surface area contributed by atoms with E-state index in [1.54, 1.807) is 0 Å². The van der Waals surface area contributed by atoms with E-state index in [0.717, 1.165) is 22.5 Å². The van der Waals surface area contributed by atoms with Gasteiger partial charge in [-0.25, -0.2) is 0 Å². The number of benzene rings is 5. The molecular formula is C48H48IrN2-2. The van der Waals surface area contributed by atoms with Crippen LogP contribution in [0.15, 0.2) is 128 Å². The fourth-order valence-electron chi connectivity index (χ4n) is 6.22. The molecular weight excluding hydrogens is 797 g/mol. The van der Waals surface area contributed by atoms with Crippen molar-refractivity contribution in [2.24, 2.45) is 0 Å². The predicted octanol–water partition coefficient (Wildman–Crippen LogP) is 13.0. The summed E-state index contributed by atoms with van der Waals surface area (Å²) in [6.07, 6.45) is 3.80. The number of nitrogens with zero attached hydrogens (tertiary/aromatic N) is 2. The average molecular weight is 845 g/mol. The van der Waals surface area contributed by atoms with Crippen LogP contribution in [0.25, 0.3) is 55.2 Å². The maximum absolute atomic E-state index is 4.64. The summed E-state index contributed by atoms with van der Waals surface area (Å²) >= 11 is 0. The van der Waals surface area contributed by atoms with E-state index in [2.05, 4.69) is 194 Å². The number of hydrogen-bond donors (Lipinski definition) is 0. The molecule has 0 fully saturated rings. The Balaban J connectivity index is 0.000000211. The van der Waals surface area contributed by atoms with Crippen molar-refractivity contribution in [3.8, 4) is 33.6 Å². The van der Waals surface area contributed by atoms with Crippen LogP contribution in [-0.4, -0.2) is 9.97 Å². The summed E-state index contributed by atoms with van der Waals surface area (Å²) in [5, 5.41) is 4.96. The zero-order chi connectivity index (χ0) is 35.7. The molecule has 0 aliphatic heterocycles. The second-order valence-electron chi connectivity index (χ2n) is 16.3. The van der Waals surface area contributed by atoms with E-state index in [9.17, 15) is 0 Å². The van der Waals surface area contributed by atoms with E-state index in [0.29, 0.717) is 0 Å². The van der Waals surface area contributed by atoms with Crippen molar-refractivity contribution in [3.63, 3.8) is 0 Å². The van der Waals surface area contributed by atoms with Crippen LogP contribution in [0, 0.1) is 12.1 Å². The van der Waals surface area contributed by atoms with E-state index in [1.165, 1.54) is 49.4 Å². The molecule has 0 bridgehead atoms. The second-order valence-corrected chi connectivity index (χ2v) is 16.3. The van der Waals surface area contributed by atoms with Gasteiger partial charge in [0.15, 0.2) is 0 Å². The Kier molecular flexibility index (Phi) is 11.2. The molecule has 261 valence electrons. The minimum absolute atomic E-state index is 0. The van der Waals surface area contributed by atoms with Gasteiger partial charge in [0, 0.05) is 32.5 Å². The second kappa shape index (κ2) is 15.0. The largest absolute Gasteiger partial charge is 0.305 e. The summed E-state index contributed by atoms with van der Waals surface area (Å²) < 4.78 is 0. The molecule has 0 saturated heterocycles. The van der Waals surface area contributed by atoms with E-state index >= 15 is 0 Å². The first-order valence-corrected chi connectivity index (χ1v) is 17.6. The molecule has 2 nitrogen and oxygen atoms in total. The van der Waals surface area contributed by atoms with Gasteiger partial charge in [-0.2, -0.15) is 0 Å². The zero-order valence-electron chi connectivity index (χ0n) is 31.4. The molecule has 51 heavy (non-hydrogen) atoms. The summed E-state index contributed by atoms with van der Waals surface area (Å²) in [6, 6.07) is 47.6. The van der Waals surface area contributed by atoms with E-state index < -0.39 is 0 Å². The third kappa shape index (κ3) is 8.73. The van der Waals surface area contributed by atoms with E-state index in [4.69, 9.17) is 0 Å². The Morgan fingerprint density at radius 3 is 1.55 bits per heavy atom. The van der Waals surface area contributed by atoms with Crippen LogP contribution in [0.3, 0.4) is 0 Å². The van der Waals surface area contributed by atoms with Gasteiger partial charge >= 0.3 is 0 Å². The summed E-state index contributed by atoms with van der Waals surface area (Å²) in [5.74, 6) is 0. The first-order chi connectivity index (χ1) is 23.7. The standard InChI is InChI=1S/C29H24N.C19H24N.Ir/c1-29(2,3)23-15-16-30-28(19-23)22-14-13-21-17-26(20-9-5-4-6-10-20)24-11-7-8-12-25(24)27(21)18-22;1-18(2,3)15-9-7-8-14(12-15)17-13-16(10-11-20-17)19(4,5)6;/h4-13,15-19H,1-3H3;7,9-13H,1-6H3;/q2*-1;. The first-order valence-electron chi connectivity index (χ1n) is 17.6. The summed E-state index contributed by atoms with van der Waals surface area (Å²) in [5.41, 5.74) is 10.8. The maximum atomic E-state index is 4.64. The topological polar surface area (TPSA) is 25.8 Å². The SMILES string of the molecule is CC(C)(C)c1cc[c-]c(-c2cc(C(C)(C)C)ccn2)c1.CC(C)(C)c1ccnc(-c2[c-]cc3cc(-c4ccccc4)c4ccccc4c3c2)c1.[Ir]. The Hall–Kier alpha value is -4.43. The third-order valence-electron chi connectivity index (χ3n) is 9.35.